The third-order valence-corrected chi connectivity index (χ3v) is 5.78. The van der Waals surface area contributed by atoms with Crippen molar-refractivity contribution >= 4 is 23.7 Å². The quantitative estimate of drug-likeness (QED) is 0.232. The monoisotopic (exact) mass is 469 g/mol. The fourth-order valence-electron chi connectivity index (χ4n) is 4.11. The number of carboxylic acid groups (broad SMARTS) is 1. The minimum atomic E-state index is -1.11. The zero-order valence-corrected chi connectivity index (χ0v) is 20.5. The summed E-state index contributed by atoms with van der Waals surface area (Å²) < 4.78 is 0. The van der Waals surface area contributed by atoms with Crippen LogP contribution in [0.5, 0.6) is 0 Å². The number of amides is 3. The summed E-state index contributed by atoms with van der Waals surface area (Å²) in [5, 5.41) is 14.8. The summed E-state index contributed by atoms with van der Waals surface area (Å²) in [7, 11) is 0. The summed E-state index contributed by atoms with van der Waals surface area (Å²) >= 11 is 0. The van der Waals surface area contributed by atoms with Gasteiger partial charge in [-0.15, -0.1) is 0 Å². The van der Waals surface area contributed by atoms with Gasteiger partial charge in [-0.2, -0.15) is 0 Å². The largest absolute Gasteiger partial charge is 0.480 e. The molecule has 0 bridgehead atoms. The second-order valence-corrected chi connectivity index (χ2v) is 9.80. The van der Waals surface area contributed by atoms with E-state index in [0.29, 0.717) is 51.6 Å². The van der Waals surface area contributed by atoms with Crippen LogP contribution in [0.1, 0.15) is 72.6 Å². The number of nitrogens with two attached hydrogens (primary N) is 2. The first-order valence-corrected chi connectivity index (χ1v) is 12.1. The number of carbonyl (C=O) groups excluding carboxylic acids is 3. The summed E-state index contributed by atoms with van der Waals surface area (Å²) in [5.74, 6) is -1.93. The van der Waals surface area contributed by atoms with Crippen LogP contribution in [-0.4, -0.2) is 71.0 Å². The van der Waals surface area contributed by atoms with E-state index in [-0.39, 0.29) is 30.1 Å². The number of unbranched alkanes of at least 4 members (excludes halogenated alkanes) is 1. The van der Waals surface area contributed by atoms with Crippen LogP contribution in [0.3, 0.4) is 0 Å². The molecule has 0 saturated carbocycles. The van der Waals surface area contributed by atoms with E-state index in [9.17, 15) is 24.3 Å². The van der Waals surface area contributed by atoms with Crippen LogP contribution in [-0.2, 0) is 19.2 Å². The highest BCUT2D eigenvalue weighted by molar-refractivity contribution is 5.94. The van der Waals surface area contributed by atoms with E-state index >= 15 is 0 Å². The van der Waals surface area contributed by atoms with E-state index in [0.717, 1.165) is 0 Å². The molecule has 0 aromatic carbocycles. The van der Waals surface area contributed by atoms with Gasteiger partial charge in [0.1, 0.15) is 18.1 Å². The van der Waals surface area contributed by atoms with Crippen molar-refractivity contribution in [2.45, 2.75) is 96.8 Å². The van der Waals surface area contributed by atoms with E-state index in [1.165, 1.54) is 4.90 Å². The highest BCUT2D eigenvalue weighted by Crippen LogP contribution is 2.21. The van der Waals surface area contributed by atoms with Gasteiger partial charge in [0.25, 0.3) is 0 Å². The third-order valence-electron chi connectivity index (χ3n) is 5.78. The SMILES string of the molecule is CC(C)C[C@H](NC(=O)[C@@H](N)CC(C)C)C(=O)N1CCC[C@H]1C(=O)N[C@@H](CCCCN)C(=O)O. The van der Waals surface area contributed by atoms with Crippen LogP contribution in [0.15, 0.2) is 0 Å². The molecule has 1 aliphatic rings. The smallest absolute Gasteiger partial charge is 0.326 e. The number of aliphatic carboxylic acids is 1. The van der Waals surface area contributed by atoms with Crippen LogP contribution >= 0.6 is 0 Å². The second kappa shape index (κ2) is 14.1. The van der Waals surface area contributed by atoms with Crippen molar-refractivity contribution in [2.75, 3.05) is 13.1 Å². The average molecular weight is 470 g/mol. The molecule has 1 heterocycles. The molecule has 190 valence electrons. The Bertz CT molecular complexity index is 670. The Morgan fingerprint density at radius 2 is 1.64 bits per heavy atom. The molecular weight excluding hydrogens is 426 g/mol. The zero-order chi connectivity index (χ0) is 25.1. The van der Waals surface area contributed by atoms with E-state index in [1.54, 1.807) is 0 Å². The number of hydrogen-bond donors (Lipinski definition) is 5. The lowest BCUT2D eigenvalue weighted by atomic mass is 10.00. The molecule has 0 aromatic rings. The van der Waals surface area contributed by atoms with Crippen molar-refractivity contribution in [1.29, 1.82) is 0 Å². The first-order chi connectivity index (χ1) is 15.5. The fraction of sp³-hybridized carbons (Fsp3) is 0.826. The van der Waals surface area contributed by atoms with Crippen LogP contribution in [0.2, 0.25) is 0 Å². The minimum absolute atomic E-state index is 0.134. The predicted octanol–water partition coefficient (Wildman–Crippen LogP) is 0.580. The highest BCUT2D eigenvalue weighted by atomic mass is 16.4. The molecule has 0 unspecified atom stereocenters. The van der Waals surface area contributed by atoms with Crippen molar-refractivity contribution in [3.8, 4) is 0 Å². The molecule has 1 fully saturated rings. The van der Waals surface area contributed by atoms with Crippen LogP contribution in [0.25, 0.3) is 0 Å². The Morgan fingerprint density at radius 1 is 1.00 bits per heavy atom. The first kappa shape index (κ1) is 28.8. The molecule has 4 atom stereocenters. The van der Waals surface area contributed by atoms with Gasteiger partial charge >= 0.3 is 5.97 Å². The summed E-state index contributed by atoms with van der Waals surface area (Å²) in [6, 6.07) is -3.29. The maximum atomic E-state index is 13.4. The normalized spacial score (nSPS) is 18.8. The van der Waals surface area contributed by atoms with Crippen molar-refractivity contribution in [3.63, 3.8) is 0 Å². The number of nitrogens with zero attached hydrogens (tertiary/aromatic N) is 1. The number of hydrogen-bond acceptors (Lipinski definition) is 6. The predicted molar refractivity (Wildman–Crippen MR) is 126 cm³/mol. The van der Waals surface area contributed by atoms with E-state index in [2.05, 4.69) is 10.6 Å². The number of rotatable bonds is 14. The lowest BCUT2D eigenvalue weighted by Gasteiger charge is -2.30. The van der Waals surface area contributed by atoms with E-state index < -0.39 is 36.0 Å². The molecule has 1 rings (SSSR count). The number of carbonyl (C=O) groups is 4. The molecular formula is C23H43N5O5. The maximum Gasteiger partial charge on any atom is 0.326 e. The summed E-state index contributed by atoms with van der Waals surface area (Å²) in [6.07, 6.45) is 3.53. The molecule has 10 nitrogen and oxygen atoms in total. The highest BCUT2D eigenvalue weighted by Gasteiger charge is 2.39. The molecule has 33 heavy (non-hydrogen) atoms. The lowest BCUT2D eigenvalue weighted by Crippen LogP contribution is -2.57. The summed E-state index contributed by atoms with van der Waals surface area (Å²) in [4.78, 5) is 51.9. The van der Waals surface area contributed by atoms with Crippen molar-refractivity contribution in [1.82, 2.24) is 15.5 Å². The Balaban J connectivity index is 2.90. The van der Waals surface area contributed by atoms with Crippen LogP contribution < -0.4 is 22.1 Å². The molecule has 1 aliphatic heterocycles. The Labute approximate surface area is 197 Å². The minimum Gasteiger partial charge on any atom is -0.480 e. The van der Waals surface area contributed by atoms with E-state index in [4.69, 9.17) is 11.5 Å². The first-order valence-electron chi connectivity index (χ1n) is 12.1. The lowest BCUT2D eigenvalue weighted by molar-refractivity contribution is -0.145. The molecule has 0 radical (unpaired) electrons. The second-order valence-electron chi connectivity index (χ2n) is 9.80. The van der Waals surface area contributed by atoms with Crippen molar-refractivity contribution in [3.05, 3.63) is 0 Å². The number of likely N-dealkylation sites (tertiary alicyclic amines) is 1. The third kappa shape index (κ3) is 9.67. The standard InChI is InChI=1S/C23H43N5O5/c1-14(2)12-16(25)20(29)27-18(13-15(3)4)22(31)28-11-7-9-19(28)21(30)26-17(23(32)33)8-5-6-10-24/h14-19H,5-13,24-25H2,1-4H3,(H,26,30)(H,27,29)(H,32,33)/t16-,17-,18-,19-/m0/s1. The van der Waals surface area contributed by atoms with Gasteiger partial charge in [-0.05, 0) is 63.3 Å². The van der Waals surface area contributed by atoms with Gasteiger partial charge in [0.2, 0.25) is 17.7 Å². The van der Waals surface area contributed by atoms with Gasteiger partial charge in [-0.1, -0.05) is 27.7 Å². The molecule has 3 amide bonds. The van der Waals surface area contributed by atoms with Crippen LogP contribution in [0.4, 0.5) is 0 Å². The zero-order valence-electron chi connectivity index (χ0n) is 20.5. The molecule has 0 aliphatic carbocycles. The molecule has 0 aromatic heterocycles. The fourth-order valence-corrected chi connectivity index (χ4v) is 4.11. The van der Waals surface area contributed by atoms with Crippen molar-refractivity contribution < 1.29 is 24.3 Å². The van der Waals surface area contributed by atoms with Gasteiger partial charge in [-0.3, -0.25) is 14.4 Å². The van der Waals surface area contributed by atoms with E-state index in [1.807, 2.05) is 27.7 Å². The molecule has 1 saturated heterocycles. The summed E-state index contributed by atoms with van der Waals surface area (Å²) in [5.41, 5.74) is 11.5. The topological polar surface area (TPSA) is 168 Å². The Kier molecular flexibility index (Phi) is 12.4. The maximum absolute atomic E-state index is 13.4. The van der Waals surface area contributed by atoms with Gasteiger partial charge in [0.15, 0.2) is 0 Å². The van der Waals surface area contributed by atoms with Gasteiger partial charge < -0.3 is 32.1 Å². The van der Waals surface area contributed by atoms with Gasteiger partial charge in [-0.25, -0.2) is 4.79 Å². The Hall–Kier alpha value is -2.20. The Morgan fingerprint density at radius 3 is 2.18 bits per heavy atom. The van der Waals surface area contributed by atoms with Gasteiger partial charge in [0.05, 0.1) is 6.04 Å². The van der Waals surface area contributed by atoms with Crippen molar-refractivity contribution in [2.24, 2.45) is 23.3 Å². The number of nitrogens with one attached hydrogen (secondary N) is 2. The summed E-state index contributed by atoms with van der Waals surface area (Å²) in [6.45, 7) is 8.68. The molecule has 0 spiro atoms. The molecule has 10 heteroatoms. The molecule has 7 N–H and O–H groups in total. The average Bonchev–Trinajstić information content (AvgIpc) is 3.21. The van der Waals surface area contributed by atoms with Gasteiger partial charge in [0, 0.05) is 6.54 Å². The van der Waals surface area contributed by atoms with Crippen LogP contribution in [0, 0.1) is 11.8 Å². The number of carboxylic acids is 1.